The van der Waals surface area contributed by atoms with E-state index in [0.717, 1.165) is 5.56 Å². The van der Waals surface area contributed by atoms with Crippen molar-refractivity contribution in [1.82, 2.24) is 5.32 Å². The lowest BCUT2D eigenvalue weighted by Crippen LogP contribution is -2.26. The van der Waals surface area contributed by atoms with Crippen molar-refractivity contribution in [2.45, 2.75) is 6.42 Å². The van der Waals surface area contributed by atoms with Crippen molar-refractivity contribution < 1.29 is 18.5 Å². The molecule has 0 unspecified atom stereocenters. The lowest BCUT2D eigenvalue weighted by atomic mass is 10.1. The van der Waals surface area contributed by atoms with Crippen LogP contribution < -0.4 is 5.32 Å². The number of amides is 1. The molecule has 0 aliphatic heterocycles. The molecule has 0 aliphatic rings. The van der Waals surface area contributed by atoms with Gasteiger partial charge in [0.25, 0.3) is 5.91 Å². The maximum Gasteiger partial charge on any atom is 0.308 e. The van der Waals surface area contributed by atoms with Gasteiger partial charge in [0.2, 0.25) is 5.82 Å². The summed E-state index contributed by atoms with van der Waals surface area (Å²) in [5.74, 6) is -3.26. The van der Waals surface area contributed by atoms with Crippen molar-refractivity contribution in [2.75, 3.05) is 6.54 Å². The fourth-order valence-electron chi connectivity index (χ4n) is 1.72. The first-order valence-corrected chi connectivity index (χ1v) is 6.86. The average molecular weight is 312 g/mol. The van der Waals surface area contributed by atoms with E-state index in [2.05, 4.69) is 5.32 Å². The van der Waals surface area contributed by atoms with Crippen LogP contribution in [0.4, 0.5) is 14.5 Å². The summed E-state index contributed by atoms with van der Waals surface area (Å²) >= 11 is 1.51. The minimum Gasteiger partial charge on any atom is -0.352 e. The highest BCUT2D eigenvalue weighted by Crippen LogP contribution is 2.22. The molecule has 0 atom stereocenters. The number of hydrogen-bond donors (Lipinski definition) is 1. The Kier molecular flexibility index (Phi) is 4.59. The second kappa shape index (κ2) is 6.40. The summed E-state index contributed by atoms with van der Waals surface area (Å²) < 4.78 is 27.0. The standard InChI is InChI=1S/C13H10F2N2O3S/c14-9-5-10(12(15)11(6-9)17(19)20)13(18)16-3-1-8-2-4-21-7-8/h2,4-7H,1,3H2,(H,16,18). The van der Waals surface area contributed by atoms with Crippen LogP contribution in [-0.2, 0) is 6.42 Å². The molecule has 5 nitrogen and oxygen atoms in total. The van der Waals surface area contributed by atoms with Crippen LogP contribution in [0.2, 0.25) is 0 Å². The first-order chi connectivity index (χ1) is 9.99. The summed E-state index contributed by atoms with van der Waals surface area (Å²) in [6.07, 6.45) is 0.536. The molecule has 0 saturated heterocycles. The Morgan fingerprint density at radius 1 is 1.38 bits per heavy atom. The fraction of sp³-hybridized carbons (Fsp3) is 0.154. The van der Waals surface area contributed by atoms with E-state index in [-0.39, 0.29) is 6.54 Å². The summed E-state index contributed by atoms with van der Waals surface area (Å²) in [6, 6.07) is 2.96. The molecule has 0 radical (unpaired) electrons. The normalized spacial score (nSPS) is 10.4. The smallest absolute Gasteiger partial charge is 0.308 e. The number of benzene rings is 1. The van der Waals surface area contributed by atoms with Crippen molar-refractivity contribution in [3.8, 4) is 0 Å². The monoisotopic (exact) mass is 312 g/mol. The summed E-state index contributed by atoms with van der Waals surface area (Å²) in [5.41, 5.74) is -0.726. The summed E-state index contributed by atoms with van der Waals surface area (Å²) in [4.78, 5) is 21.3. The molecule has 21 heavy (non-hydrogen) atoms. The zero-order valence-corrected chi connectivity index (χ0v) is 11.5. The largest absolute Gasteiger partial charge is 0.352 e. The number of thiophene rings is 1. The van der Waals surface area contributed by atoms with Crippen LogP contribution in [0.5, 0.6) is 0 Å². The second-order valence-electron chi connectivity index (χ2n) is 4.18. The fourth-order valence-corrected chi connectivity index (χ4v) is 2.43. The second-order valence-corrected chi connectivity index (χ2v) is 4.96. The molecule has 1 heterocycles. The van der Waals surface area contributed by atoms with E-state index in [4.69, 9.17) is 0 Å². The third kappa shape index (κ3) is 3.60. The predicted octanol–water partition coefficient (Wildman–Crippen LogP) is 2.91. The molecule has 0 saturated carbocycles. The quantitative estimate of drug-likeness (QED) is 0.681. The van der Waals surface area contributed by atoms with Gasteiger partial charge >= 0.3 is 5.69 Å². The van der Waals surface area contributed by atoms with Crippen molar-refractivity contribution in [3.63, 3.8) is 0 Å². The number of rotatable bonds is 5. The number of halogens is 2. The van der Waals surface area contributed by atoms with Gasteiger partial charge in [0, 0.05) is 6.54 Å². The van der Waals surface area contributed by atoms with Gasteiger partial charge in [0.15, 0.2) is 0 Å². The Balaban J connectivity index is 2.10. The molecule has 1 aromatic heterocycles. The molecule has 110 valence electrons. The number of nitro groups is 1. The van der Waals surface area contributed by atoms with E-state index in [1.54, 1.807) is 0 Å². The molecule has 0 aliphatic carbocycles. The van der Waals surface area contributed by atoms with Crippen LogP contribution in [0.25, 0.3) is 0 Å². The first-order valence-electron chi connectivity index (χ1n) is 5.91. The van der Waals surface area contributed by atoms with Crippen molar-refractivity contribution >= 4 is 22.9 Å². The zero-order chi connectivity index (χ0) is 15.4. The number of hydrogen-bond acceptors (Lipinski definition) is 4. The number of nitrogens with zero attached hydrogens (tertiary/aromatic N) is 1. The zero-order valence-electron chi connectivity index (χ0n) is 10.6. The minimum atomic E-state index is -1.34. The number of nitro benzene ring substituents is 1. The van der Waals surface area contributed by atoms with Gasteiger partial charge in [0.05, 0.1) is 16.6 Å². The molecule has 2 aromatic rings. The van der Waals surface area contributed by atoms with Crippen LogP contribution in [0.3, 0.4) is 0 Å². The lowest BCUT2D eigenvalue weighted by Gasteiger charge is -2.06. The first kappa shape index (κ1) is 15.0. The third-order valence-electron chi connectivity index (χ3n) is 2.74. The van der Waals surface area contributed by atoms with Crippen LogP contribution in [0.15, 0.2) is 29.0 Å². The Morgan fingerprint density at radius 3 is 2.76 bits per heavy atom. The summed E-state index contributed by atoms with van der Waals surface area (Å²) in [5, 5.41) is 16.8. The van der Waals surface area contributed by atoms with Crippen molar-refractivity contribution in [3.05, 3.63) is 61.8 Å². The molecule has 0 fully saturated rings. The molecule has 0 spiro atoms. The van der Waals surface area contributed by atoms with Gasteiger partial charge in [-0.2, -0.15) is 15.7 Å². The van der Waals surface area contributed by atoms with E-state index >= 15 is 0 Å². The molecule has 1 N–H and O–H groups in total. The van der Waals surface area contributed by atoms with Gasteiger partial charge < -0.3 is 5.32 Å². The van der Waals surface area contributed by atoms with E-state index in [0.29, 0.717) is 18.6 Å². The maximum absolute atomic E-state index is 13.8. The average Bonchev–Trinajstić information content (AvgIpc) is 2.93. The topological polar surface area (TPSA) is 72.2 Å². The van der Waals surface area contributed by atoms with Gasteiger partial charge in [-0.3, -0.25) is 14.9 Å². The minimum absolute atomic E-state index is 0.222. The van der Waals surface area contributed by atoms with Gasteiger partial charge in [-0.15, -0.1) is 0 Å². The van der Waals surface area contributed by atoms with Gasteiger partial charge in [-0.05, 0) is 34.9 Å². The highest BCUT2D eigenvalue weighted by Gasteiger charge is 2.23. The molecule has 2 rings (SSSR count). The summed E-state index contributed by atoms with van der Waals surface area (Å²) in [6.45, 7) is 0.222. The highest BCUT2D eigenvalue weighted by atomic mass is 32.1. The van der Waals surface area contributed by atoms with E-state index in [1.807, 2.05) is 16.8 Å². The maximum atomic E-state index is 13.8. The van der Waals surface area contributed by atoms with E-state index in [9.17, 15) is 23.7 Å². The Bertz CT molecular complexity index is 674. The van der Waals surface area contributed by atoms with Crippen LogP contribution >= 0.6 is 11.3 Å². The van der Waals surface area contributed by atoms with Crippen LogP contribution in [-0.4, -0.2) is 17.4 Å². The van der Waals surface area contributed by atoms with Crippen molar-refractivity contribution in [2.24, 2.45) is 0 Å². The number of carbonyl (C=O) groups is 1. The van der Waals surface area contributed by atoms with Crippen molar-refractivity contribution in [1.29, 1.82) is 0 Å². The lowest BCUT2D eigenvalue weighted by molar-refractivity contribution is -0.387. The molecule has 8 heteroatoms. The molecular weight excluding hydrogens is 302 g/mol. The number of carbonyl (C=O) groups excluding carboxylic acids is 1. The predicted molar refractivity (Wildman–Crippen MR) is 73.4 cm³/mol. The summed E-state index contributed by atoms with van der Waals surface area (Å²) in [7, 11) is 0. The third-order valence-corrected chi connectivity index (χ3v) is 3.47. The Hall–Kier alpha value is -2.35. The van der Waals surface area contributed by atoms with Gasteiger partial charge in [-0.1, -0.05) is 0 Å². The Morgan fingerprint density at radius 2 is 2.14 bits per heavy atom. The number of nitrogens with one attached hydrogen (secondary N) is 1. The highest BCUT2D eigenvalue weighted by molar-refractivity contribution is 7.07. The molecule has 1 amide bonds. The van der Waals surface area contributed by atoms with E-state index < -0.39 is 33.7 Å². The molecule has 1 aromatic carbocycles. The Labute approximate surface area is 122 Å². The van der Waals surface area contributed by atoms with Crippen LogP contribution in [0.1, 0.15) is 15.9 Å². The molecular formula is C13H10F2N2O3S. The van der Waals surface area contributed by atoms with E-state index in [1.165, 1.54) is 11.3 Å². The molecule has 0 bridgehead atoms. The van der Waals surface area contributed by atoms with Gasteiger partial charge in [-0.25, -0.2) is 4.39 Å². The SMILES string of the molecule is O=C(NCCc1ccsc1)c1cc(F)cc([N+](=O)[O-])c1F. The van der Waals surface area contributed by atoms with Crippen LogP contribution in [0, 0.1) is 21.7 Å². The van der Waals surface area contributed by atoms with Gasteiger partial charge in [0.1, 0.15) is 5.82 Å².